The van der Waals surface area contributed by atoms with E-state index in [9.17, 15) is 23.1 Å². The number of carbonyl (C=O) groups is 1. The Morgan fingerprint density at radius 3 is 2.52 bits per heavy atom. The zero-order chi connectivity index (χ0) is 19.6. The van der Waals surface area contributed by atoms with Gasteiger partial charge in [-0.3, -0.25) is 14.7 Å². The lowest BCUT2D eigenvalue weighted by molar-refractivity contribution is -0.143. The molecule has 1 atom stereocenters. The van der Waals surface area contributed by atoms with E-state index in [1.54, 1.807) is 18.3 Å². The summed E-state index contributed by atoms with van der Waals surface area (Å²) < 4.78 is 39.6. The zero-order valence-corrected chi connectivity index (χ0v) is 14.9. The highest BCUT2D eigenvalue weighted by Gasteiger charge is 2.34. The van der Waals surface area contributed by atoms with Crippen molar-refractivity contribution in [1.82, 2.24) is 9.88 Å². The van der Waals surface area contributed by atoms with Crippen LogP contribution in [0.3, 0.4) is 0 Å². The van der Waals surface area contributed by atoms with Gasteiger partial charge >= 0.3 is 12.1 Å². The number of piperidine rings is 1. The van der Waals surface area contributed by atoms with Gasteiger partial charge in [-0.2, -0.15) is 13.2 Å². The Bertz CT molecular complexity index is 815. The summed E-state index contributed by atoms with van der Waals surface area (Å²) in [6.45, 7) is 2.87. The summed E-state index contributed by atoms with van der Waals surface area (Å²) in [7, 11) is 0. The van der Waals surface area contributed by atoms with Crippen LogP contribution >= 0.6 is 0 Å². The average Bonchev–Trinajstić information content (AvgIpc) is 2.63. The second-order valence-corrected chi connectivity index (χ2v) is 6.88. The van der Waals surface area contributed by atoms with Crippen LogP contribution in [-0.2, 0) is 11.0 Å². The highest BCUT2D eigenvalue weighted by molar-refractivity contribution is 5.70. The first-order valence-electron chi connectivity index (χ1n) is 8.83. The van der Waals surface area contributed by atoms with E-state index in [0.29, 0.717) is 37.2 Å². The van der Waals surface area contributed by atoms with Crippen LogP contribution in [0.2, 0.25) is 0 Å². The van der Waals surface area contributed by atoms with Crippen molar-refractivity contribution in [3.63, 3.8) is 0 Å². The van der Waals surface area contributed by atoms with Crippen molar-refractivity contribution in [3.8, 4) is 0 Å². The summed E-state index contributed by atoms with van der Waals surface area (Å²) in [5.41, 5.74) is 1.41. The summed E-state index contributed by atoms with van der Waals surface area (Å²) in [5, 5.41) is 9.21. The molecule has 144 valence electrons. The molecule has 1 aromatic heterocycles. The third kappa shape index (κ3) is 4.30. The van der Waals surface area contributed by atoms with Crippen molar-refractivity contribution in [2.75, 3.05) is 13.1 Å². The van der Waals surface area contributed by atoms with Crippen molar-refractivity contribution in [2.45, 2.75) is 32.0 Å². The maximum atomic E-state index is 13.2. The van der Waals surface area contributed by atoms with Gasteiger partial charge in [-0.1, -0.05) is 18.2 Å². The molecule has 1 aromatic carbocycles. The van der Waals surface area contributed by atoms with Gasteiger partial charge in [-0.15, -0.1) is 0 Å². The molecule has 27 heavy (non-hydrogen) atoms. The highest BCUT2D eigenvalue weighted by atomic mass is 19.4. The van der Waals surface area contributed by atoms with Crippen molar-refractivity contribution < 1.29 is 23.1 Å². The summed E-state index contributed by atoms with van der Waals surface area (Å²) in [6.07, 6.45) is -1.85. The monoisotopic (exact) mass is 378 g/mol. The van der Waals surface area contributed by atoms with E-state index in [1.165, 1.54) is 12.1 Å². The van der Waals surface area contributed by atoms with Gasteiger partial charge in [0.25, 0.3) is 0 Å². The normalized spacial score (nSPS) is 17.6. The van der Waals surface area contributed by atoms with E-state index in [4.69, 9.17) is 0 Å². The number of hydrogen-bond donors (Lipinski definition) is 1. The summed E-state index contributed by atoms with van der Waals surface area (Å²) >= 11 is 0. The number of aromatic nitrogens is 1. The lowest BCUT2D eigenvalue weighted by Gasteiger charge is -2.37. The molecule has 0 bridgehead atoms. The topological polar surface area (TPSA) is 53.4 Å². The molecule has 0 spiro atoms. The van der Waals surface area contributed by atoms with Crippen LogP contribution in [0.15, 0.2) is 42.6 Å². The van der Waals surface area contributed by atoms with E-state index in [-0.39, 0.29) is 0 Å². The van der Waals surface area contributed by atoms with Crippen LogP contribution in [0.25, 0.3) is 0 Å². The van der Waals surface area contributed by atoms with E-state index in [0.717, 1.165) is 11.6 Å². The molecule has 1 aliphatic heterocycles. The molecule has 3 rings (SSSR count). The molecule has 0 saturated carbocycles. The lowest BCUT2D eigenvalue weighted by Crippen LogP contribution is -2.39. The number of likely N-dealkylation sites (tertiary alicyclic amines) is 1. The van der Waals surface area contributed by atoms with Crippen molar-refractivity contribution in [1.29, 1.82) is 0 Å². The number of rotatable bonds is 4. The van der Waals surface area contributed by atoms with Gasteiger partial charge < -0.3 is 5.11 Å². The Hall–Kier alpha value is -2.41. The van der Waals surface area contributed by atoms with Crippen LogP contribution in [0.1, 0.15) is 41.3 Å². The molecule has 1 aliphatic rings. The molecule has 1 fully saturated rings. The molecule has 0 radical (unpaired) electrons. The van der Waals surface area contributed by atoms with Gasteiger partial charge in [0.05, 0.1) is 23.2 Å². The van der Waals surface area contributed by atoms with Gasteiger partial charge in [-0.25, -0.2) is 0 Å². The van der Waals surface area contributed by atoms with Gasteiger partial charge in [0.15, 0.2) is 0 Å². The fourth-order valence-electron chi connectivity index (χ4n) is 3.62. The molecule has 2 aromatic rings. The summed E-state index contributed by atoms with van der Waals surface area (Å²) in [5.74, 6) is -1.23. The predicted molar refractivity (Wildman–Crippen MR) is 94.2 cm³/mol. The fourth-order valence-corrected chi connectivity index (χ4v) is 3.62. The van der Waals surface area contributed by atoms with E-state index >= 15 is 0 Å². The SMILES string of the molecule is Cc1cccnc1C(c1cccc(C(F)(F)F)c1)N1CCC(C(=O)O)CC1. The Morgan fingerprint density at radius 1 is 1.22 bits per heavy atom. The number of nitrogens with zero attached hydrogens (tertiary/aromatic N) is 2. The third-order valence-electron chi connectivity index (χ3n) is 5.08. The number of aliphatic carboxylic acids is 1. The van der Waals surface area contributed by atoms with Crippen LogP contribution in [0.4, 0.5) is 13.2 Å². The van der Waals surface area contributed by atoms with Gasteiger partial charge in [0.2, 0.25) is 0 Å². The molecule has 4 nitrogen and oxygen atoms in total. The van der Waals surface area contributed by atoms with Crippen LogP contribution in [0.5, 0.6) is 0 Å². The third-order valence-corrected chi connectivity index (χ3v) is 5.08. The minimum atomic E-state index is -4.42. The minimum Gasteiger partial charge on any atom is -0.481 e. The number of hydrogen-bond acceptors (Lipinski definition) is 3. The lowest BCUT2D eigenvalue weighted by atomic mass is 9.91. The standard InChI is InChI=1S/C20H21F3N2O2/c1-13-4-3-9-24-17(13)18(25-10-7-14(8-11-25)19(26)27)15-5-2-6-16(12-15)20(21,22)23/h2-6,9,12,14,18H,7-8,10-11H2,1H3,(H,26,27). The van der Waals surface area contributed by atoms with Crippen LogP contribution in [-0.4, -0.2) is 34.0 Å². The van der Waals surface area contributed by atoms with Crippen LogP contribution in [0, 0.1) is 12.8 Å². The average molecular weight is 378 g/mol. The molecule has 1 N–H and O–H groups in total. The summed E-state index contributed by atoms with van der Waals surface area (Å²) in [4.78, 5) is 17.7. The van der Waals surface area contributed by atoms with Gasteiger partial charge in [0, 0.05) is 6.20 Å². The van der Waals surface area contributed by atoms with Gasteiger partial charge in [0.1, 0.15) is 0 Å². The summed E-state index contributed by atoms with van der Waals surface area (Å²) in [6, 6.07) is 8.55. The number of pyridine rings is 1. The Kier molecular flexibility index (Phi) is 5.51. The van der Waals surface area contributed by atoms with Gasteiger partial charge in [-0.05, 0) is 62.2 Å². The molecule has 7 heteroatoms. The van der Waals surface area contributed by atoms with E-state index in [2.05, 4.69) is 4.98 Å². The minimum absolute atomic E-state index is 0.409. The molecule has 0 amide bonds. The molecular weight excluding hydrogens is 357 g/mol. The molecule has 1 saturated heterocycles. The molecule has 0 aliphatic carbocycles. The van der Waals surface area contributed by atoms with Crippen molar-refractivity contribution in [2.24, 2.45) is 5.92 Å². The van der Waals surface area contributed by atoms with E-state index < -0.39 is 29.7 Å². The first-order chi connectivity index (χ1) is 12.8. The first kappa shape index (κ1) is 19.4. The first-order valence-corrected chi connectivity index (χ1v) is 8.83. The Balaban J connectivity index is 2.00. The quantitative estimate of drug-likeness (QED) is 0.862. The molecule has 2 heterocycles. The maximum Gasteiger partial charge on any atom is 0.416 e. The Labute approximate surface area is 155 Å². The van der Waals surface area contributed by atoms with E-state index in [1.807, 2.05) is 17.9 Å². The fraction of sp³-hybridized carbons (Fsp3) is 0.400. The number of carboxylic acid groups (broad SMARTS) is 1. The number of aryl methyl sites for hydroxylation is 1. The van der Waals surface area contributed by atoms with Crippen LogP contribution < -0.4 is 0 Å². The highest BCUT2D eigenvalue weighted by Crippen LogP contribution is 2.36. The smallest absolute Gasteiger partial charge is 0.416 e. The Morgan fingerprint density at radius 2 is 1.93 bits per heavy atom. The second-order valence-electron chi connectivity index (χ2n) is 6.88. The predicted octanol–water partition coefficient (Wildman–Crippen LogP) is 4.29. The zero-order valence-electron chi connectivity index (χ0n) is 14.9. The second kappa shape index (κ2) is 7.68. The number of benzene rings is 1. The number of alkyl halides is 3. The van der Waals surface area contributed by atoms with Crippen molar-refractivity contribution >= 4 is 5.97 Å². The maximum absolute atomic E-state index is 13.2. The number of carboxylic acids is 1. The molecular formula is C20H21F3N2O2. The van der Waals surface area contributed by atoms with Crippen molar-refractivity contribution in [3.05, 3.63) is 65.0 Å². The molecule has 1 unspecified atom stereocenters. The number of halogens is 3. The largest absolute Gasteiger partial charge is 0.481 e.